The lowest BCUT2D eigenvalue weighted by Crippen LogP contribution is -2.08. The van der Waals surface area contributed by atoms with Gasteiger partial charge in [-0.2, -0.15) is 5.10 Å². The molecule has 0 aliphatic heterocycles. The Balaban J connectivity index is 1.75. The van der Waals surface area contributed by atoms with E-state index in [1.54, 1.807) is 0 Å². The fourth-order valence-corrected chi connectivity index (χ4v) is 2.11. The Morgan fingerprint density at radius 2 is 1.62 bits per heavy atom. The molecule has 0 unspecified atom stereocenters. The highest BCUT2D eigenvalue weighted by atomic mass is 15.3. The third-order valence-corrected chi connectivity index (χ3v) is 3.27. The molecule has 106 valence electrons. The first-order valence-corrected chi connectivity index (χ1v) is 6.88. The van der Waals surface area contributed by atoms with Crippen molar-refractivity contribution in [2.24, 2.45) is 0 Å². The molecule has 1 aromatic heterocycles. The highest BCUT2D eigenvalue weighted by molar-refractivity contribution is 5.60. The van der Waals surface area contributed by atoms with Crippen LogP contribution in [0, 0.1) is 0 Å². The lowest BCUT2D eigenvalue weighted by Gasteiger charge is -2.12. The van der Waals surface area contributed by atoms with Crippen LogP contribution >= 0.6 is 0 Å². The fraction of sp³-hybridized carbons (Fsp3) is 0.118. The summed E-state index contributed by atoms with van der Waals surface area (Å²) in [6.07, 6.45) is 1.95. The van der Waals surface area contributed by atoms with E-state index < -0.39 is 0 Å². The topological polar surface area (TPSA) is 33.1 Å². The summed E-state index contributed by atoms with van der Waals surface area (Å²) in [5.41, 5.74) is 3.25. The van der Waals surface area contributed by atoms with Crippen molar-refractivity contribution in [1.82, 2.24) is 9.78 Å². The first kappa shape index (κ1) is 13.2. The quantitative estimate of drug-likeness (QED) is 0.790. The van der Waals surface area contributed by atoms with Crippen LogP contribution in [0.25, 0.3) is 5.69 Å². The van der Waals surface area contributed by atoms with Gasteiger partial charge in [-0.15, -0.1) is 0 Å². The largest absolute Gasteiger partial charge is 0.378 e. The summed E-state index contributed by atoms with van der Waals surface area (Å²) >= 11 is 0. The molecule has 0 spiro atoms. The Bertz CT molecular complexity index is 699. The molecule has 0 saturated heterocycles. The van der Waals surface area contributed by atoms with Gasteiger partial charge in [-0.25, -0.2) is 4.68 Å². The zero-order valence-electron chi connectivity index (χ0n) is 12.2. The van der Waals surface area contributed by atoms with Gasteiger partial charge >= 0.3 is 0 Å². The fourth-order valence-electron chi connectivity index (χ4n) is 2.11. The third-order valence-electron chi connectivity index (χ3n) is 3.27. The average molecular weight is 278 g/mol. The minimum absolute atomic E-state index is 0.830. The number of hydrogen-bond acceptors (Lipinski definition) is 3. The van der Waals surface area contributed by atoms with Crippen molar-refractivity contribution in [1.29, 1.82) is 0 Å². The molecule has 0 aliphatic rings. The second kappa shape index (κ2) is 5.71. The van der Waals surface area contributed by atoms with E-state index in [2.05, 4.69) is 39.6 Å². The predicted molar refractivity (Wildman–Crippen MR) is 87.6 cm³/mol. The zero-order chi connectivity index (χ0) is 14.7. The first-order valence-electron chi connectivity index (χ1n) is 6.88. The molecule has 0 saturated carbocycles. The summed E-state index contributed by atoms with van der Waals surface area (Å²) in [6, 6.07) is 20.3. The number of aromatic nitrogens is 2. The lowest BCUT2D eigenvalue weighted by molar-refractivity contribution is 0.884. The van der Waals surface area contributed by atoms with Crippen LogP contribution in [0.2, 0.25) is 0 Å². The smallest absolute Gasteiger partial charge is 0.152 e. The van der Waals surface area contributed by atoms with E-state index in [1.807, 2.05) is 61.4 Å². The molecular formula is C17H18N4. The molecule has 0 atom stereocenters. The van der Waals surface area contributed by atoms with Crippen LogP contribution < -0.4 is 10.2 Å². The summed E-state index contributed by atoms with van der Waals surface area (Å²) < 4.78 is 1.86. The summed E-state index contributed by atoms with van der Waals surface area (Å²) in [6.45, 7) is 0. The maximum Gasteiger partial charge on any atom is 0.152 e. The second-order valence-electron chi connectivity index (χ2n) is 5.05. The van der Waals surface area contributed by atoms with Crippen molar-refractivity contribution in [2.45, 2.75) is 0 Å². The van der Waals surface area contributed by atoms with Crippen LogP contribution in [0.3, 0.4) is 0 Å². The SMILES string of the molecule is CN(C)c1ccc(Nc2ccn(-c3ccccc3)n2)cc1. The van der Waals surface area contributed by atoms with Crippen molar-refractivity contribution in [2.75, 3.05) is 24.3 Å². The van der Waals surface area contributed by atoms with Crippen LogP contribution in [0.15, 0.2) is 66.9 Å². The van der Waals surface area contributed by atoms with Crippen LogP contribution in [0.5, 0.6) is 0 Å². The molecule has 1 heterocycles. The van der Waals surface area contributed by atoms with Gasteiger partial charge < -0.3 is 10.2 Å². The summed E-state index contributed by atoms with van der Waals surface area (Å²) in [4.78, 5) is 2.08. The van der Waals surface area contributed by atoms with Gasteiger partial charge in [0.15, 0.2) is 5.82 Å². The van der Waals surface area contributed by atoms with E-state index in [-0.39, 0.29) is 0 Å². The predicted octanol–water partition coefficient (Wildman–Crippen LogP) is 3.68. The minimum atomic E-state index is 0.830. The van der Waals surface area contributed by atoms with E-state index in [4.69, 9.17) is 0 Å². The van der Waals surface area contributed by atoms with Crippen molar-refractivity contribution in [3.05, 3.63) is 66.9 Å². The molecule has 0 fully saturated rings. The number of nitrogens with zero attached hydrogens (tertiary/aromatic N) is 3. The van der Waals surface area contributed by atoms with Crippen LogP contribution in [0.1, 0.15) is 0 Å². The Morgan fingerprint density at radius 1 is 0.905 bits per heavy atom. The average Bonchev–Trinajstić information content (AvgIpc) is 2.97. The number of nitrogens with one attached hydrogen (secondary N) is 1. The number of para-hydroxylation sites is 1. The molecule has 4 heteroatoms. The zero-order valence-corrected chi connectivity index (χ0v) is 12.2. The monoisotopic (exact) mass is 278 g/mol. The van der Waals surface area contributed by atoms with Crippen molar-refractivity contribution in [3.63, 3.8) is 0 Å². The Morgan fingerprint density at radius 3 is 2.29 bits per heavy atom. The molecule has 0 amide bonds. The Kier molecular flexibility index (Phi) is 3.60. The maximum absolute atomic E-state index is 4.53. The molecule has 0 radical (unpaired) electrons. The van der Waals surface area contributed by atoms with Gasteiger partial charge in [-0.1, -0.05) is 18.2 Å². The van der Waals surface area contributed by atoms with E-state index >= 15 is 0 Å². The molecule has 3 aromatic rings. The van der Waals surface area contributed by atoms with Gasteiger partial charge in [-0.05, 0) is 36.4 Å². The highest BCUT2D eigenvalue weighted by Gasteiger charge is 2.02. The van der Waals surface area contributed by atoms with Crippen molar-refractivity contribution >= 4 is 17.2 Å². The number of anilines is 3. The van der Waals surface area contributed by atoms with E-state index in [9.17, 15) is 0 Å². The Labute approximate surface area is 124 Å². The maximum atomic E-state index is 4.53. The number of rotatable bonds is 4. The van der Waals surface area contributed by atoms with Crippen molar-refractivity contribution in [3.8, 4) is 5.69 Å². The molecule has 2 aromatic carbocycles. The van der Waals surface area contributed by atoms with Crippen LogP contribution in [-0.4, -0.2) is 23.9 Å². The summed E-state index contributed by atoms with van der Waals surface area (Å²) in [5.74, 6) is 0.830. The summed E-state index contributed by atoms with van der Waals surface area (Å²) in [5, 5.41) is 7.84. The van der Waals surface area contributed by atoms with Gasteiger partial charge in [0, 0.05) is 37.7 Å². The Hall–Kier alpha value is -2.75. The van der Waals surface area contributed by atoms with E-state index in [0.29, 0.717) is 0 Å². The van der Waals surface area contributed by atoms with Crippen molar-refractivity contribution < 1.29 is 0 Å². The molecule has 3 rings (SSSR count). The van der Waals surface area contributed by atoms with E-state index in [0.717, 1.165) is 17.2 Å². The molecule has 0 aliphatic carbocycles. The minimum Gasteiger partial charge on any atom is -0.378 e. The first-order chi connectivity index (χ1) is 10.2. The lowest BCUT2D eigenvalue weighted by atomic mass is 10.2. The van der Waals surface area contributed by atoms with Crippen LogP contribution in [0.4, 0.5) is 17.2 Å². The molecule has 4 nitrogen and oxygen atoms in total. The molecule has 21 heavy (non-hydrogen) atoms. The van der Waals surface area contributed by atoms with Gasteiger partial charge in [-0.3, -0.25) is 0 Å². The standard InChI is InChI=1S/C17H18N4/c1-20(2)15-10-8-14(9-11-15)18-17-12-13-21(19-17)16-6-4-3-5-7-16/h3-13H,1-2H3,(H,18,19). The molecular weight excluding hydrogens is 260 g/mol. The van der Waals surface area contributed by atoms with Gasteiger partial charge in [0.25, 0.3) is 0 Å². The van der Waals surface area contributed by atoms with Gasteiger partial charge in [0.1, 0.15) is 0 Å². The van der Waals surface area contributed by atoms with Gasteiger partial charge in [0.2, 0.25) is 0 Å². The third kappa shape index (κ3) is 3.05. The normalized spacial score (nSPS) is 10.4. The molecule has 0 bridgehead atoms. The van der Waals surface area contributed by atoms with E-state index in [1.165, 1.54) is 5.69 Å². The van der Waals surface area contributed by atoms with Gasteiger partial charge in [0.05, 0.1) is 5.69 Å². The summed E-state index contributed by atoms with van der Waals surface area (Å²) in [7, 11) is 4.06. The molecule has 1 N–H and O–H groups in total. The second-order valence-corrected chi connectivity index (χ2v) is 5.05. The number of benzene rings is 2. The number of hydrogen-bond donors (Lipinski definition) is 1. The highest BCUT2D eigenvalue weighted by Crippen LogP contribution is 2.19. The van der Waals surface area contributed by atoms with Crippen LogP contribution in [-0.2, 0) is 0 Å².